The Labute approximate surface area is 146 Å². The maximum Gasteiger partial charge on any atom is 0.222 e. The summed E-state index contributed by atoms with van der Waals surface area (Å²) in [6.07, 6.45) is 6.00. The fourth-order valence-electron chi connectivity index (χ4n) is 3.40. The predicted molar refractivity (Wildman–Crippen MR) is 97.6 cm³/mol. The maximum atomic E-state index is 12.0. The van der Waals surface area contributed by atoms with Crippen molar-refractivity contribution in [2.45, 2.75) is 43.4 Å². The standard InChI is InChI=1S/C18H27N3O2S/c22-17-8-1-3-12-21(17)13-4-2-10-19-11-9-15-6-5-7-16-18(15)24(23)14-20-16/h5-7,19-20H,1-4,8-14H2. The first kappa shape index (κ1) is 17.4. The lowest BCUT2D eigenvalue weighted by atomic mass is 10.1. The van der Waals surface area contributed by atoms with Crippen LogP contribution in [0.1, 0.15) is 37.7 Å². The molecule has 1 aromatic rings. The molecule has 0 spiro atoms. The Balaban J connectivity index is 1.31. The number of benzene rings is 1. The van der Waals surface area contributed by atoms with Crippen LogP contribution in [0.15, 0.2) is 23.1 Å². The molecule has 0 radical (unpaired) electrons. The van der Waals surface area contributed by atoms with Gasteiger partial charge in [-0.1, -0.05) is 12.1 Å². The molecule has 3 rings (SSSR count). The lowest BCUT2D eigenvalue weighted by Gasteiger charge is -2.26. The summed E-state index contributed by atoms with van der Waals surface area (Å²) in [6, 6.07) is 6.10. The highest BCUT2D eigenvalue weighted by molar-refractivity contribution is 7.85. The van der Waals surface area contributed by atoms with E-state index in [1.54, 1.807) is 0 Å². The molecule has 1 unspecified atom stereocenters. The monoisotopic (exact) mass is 349 g/mol. The summed E-state index contributed by atoms with van der Waals surface area (Å²) >= 11 is 0. The van der Waals surface area contributed by atoms with Crippen LogP contribution in [0.25, 0.3) is 0 Å². The van der Waals surface area contributed by atoms with E-state index in [0.717, 1.165) is 75.3 Å². The molecule has 2 aliphatic heterocycles. The second-order valence-electron chi connectivity index (χ2n) is 6.51. The topological polar surface area (TPSA) is 61.4 Å². The minimum atomic E-state index is -0.902. The van der Waals surface area contributed by atoms with Crippen molar-refractivity contribution in [1.82, 2.24) is 10.2 Å². The number of nitrogens with zero attached hydrogens (tertiary/aromatic N) is 1. The van der Waals surface area contributed by atoms with Crippen molar-refractivity contribution in [3.05, 3.63) is 23.8 Å². The van der Waals surface area contributed by atoms with Crippen molar-refractivity contribution < 1.29 is 9.00 Å². The van der Waals surface area contributed by atoms with Crippen LogP contribution >= 0.6 is 0 Å². The number of piperidine rings is 1. The van der Waals surface area contributed by atoms with E-state index in [1.165, 1.54) is 5.56 Å². The molecule has 5 nitrogen and oxygen atoms in total. The largest absolute Gasteiger partial charge is 0.372 e. The molecule has 2 heterocycles. The van der Waals surface area contributed by atoms with Crippen molar-refractivity contribution in [3.8, 4) is 0 Å². The lowest BCUT2D eigenvalue weighted by molar-refractivity contribution is -0.133. The zero-order valence-electron chi connectivity index (χ0n) is 14.2. The SMILES string of the molecule is O=C1CCCCN1CCCCNCCc1cccc2c1S(=O)CN2. The second-order valence-corrected chi connectivity index (χ2v) is 7.89. The Hall–Kier alpha value is -1.40. The predicted octanol–water partition coefficient (Wildman–Crippen LogP) is 2.10. The van der Waals surface area contributed by atoms with Gasteiger partial charge in [0.25, 0.3) is 0 Å². The van der Waals surface area contributed by atoms with Gasteiger partial charge in [-0.05, 0) is 56.8 Å². The number of fused-ring (bicyclic) bond motifs is 1. The fraction of sp³-hybridized carbons (Fsp3) is 0.611. The average molecular weight is 350 g/mol. The normalized spacial score (nSPS) is 20.1. The molecule has 1 atom stereocenters. The third-order valence-electron chi connectivity index (χ3n) is 4.74. The summed E-state index contributed by atoms with van der Waals surface area (Å²) in [5, 5.41) is 6.66. The Morgan fingerprint density at radius 1 is 1.21 bits per heavy atom. The summed E-state index contributed by atoms with van der Waals surface area (Å²) in [4.78, 5) is 14.7. The van der Waals surface area contributed by atoms with Crippen molar-refractivity contribution in [2.24, 2.45) is 0 Å². The molecule has 132 valence electrons. The van der Waals surface area contributed by atoms with E-state index in [1.807, 2.05) is 17.0 Å². The number of nitrogens with one attached hydrogen (secondary N) is 2. The molecule has 1 aromatic carbocycles. The minimum Gasteiger partial charge on any atom is -0.372 e. The number of hydrogen-bond acceptors (Lipinski definition) is 4. The van der Waals surface area contributed by atoms with Gasteiger partial charge in [0.1, 0.15) is 0 Å². The zero-order chi connectivity index (χ0) is 16.8. The first-order chi connectivity index (χ1) is 11.8. The highest BCUT2D eigenvalue weighted by Crippen LogP contribution is 2.29. The molecule has 0 aromatic heterocycles. The number of anilines is 1. The fourth-order valence-corrected chi connectivity index (χ4v) is 4.68. The van der Waals surface area contributed by atoms with E-state index in [9.17, 15) is 9.00 Å². The van der Waals surface area contributed by atoms with Crippen molar-refractivity contribution >= 4 is 22.4 Å². The number of unbranched alkanes of at least 4 members (excludes halogenated alkanes) is 1. The maximum absolute atomic E-state index is 12.0. The van der Waals surface area contributed by atoms with Crippen LogP contribution in [0.5, 0.6) is 0 Å². The molecular formula is C18H27N3O2S. The highest BCUT2D eigenvalue weighted by atomic mass is 32.2. The number of carbonyl (C=O) groups excluding carboxylic acids is 1. The summed E-state index contributed by atoms with van der Waals surface area (Å²) in [6.45, 7) is 3.71. The lowest BCUT2D eigenvalue weighted by Crippen LogP contribution is -2.36. The van der Waals surface area contributed by atoms with Crippen LogP contribution in [0.4, 0.5) is 5.69 Å². The molecular weight excluding hydrogens is 322 g/mol. The molecule has 2 N–H and O–H groups in total. The van der Waals surface area contributed by atoms with Gasteiger partial charge in [-0.2, -0.15) is 0 Å². The molecule has 0 aliphatic carbocycles. The smallest absolute Gasteiger partial charge is 0.222 e. The second kappa shape index (κ2) is 8.62. The summed E-state index contributed by atoms with van der Waals surface area (Å²) in [5.41, 5.74) is 2.21. The van der Waals surface area contributed by atoms with Crippen LogP contribution in [0.3, 0.4) is 0 Å². The van der Waals surface area contributed by atoms with E-state index >= 15 is 0 Å². The quantitative estimate of drug-likeness (QED) is 0.706. The van der Waals surface area contributed by atoms with Gasteiger partial charge < -0.3 is 15.5 Å². The molecule has 2 aliphatic rings. The number of hydrogen-bond donors (Lipinski definition) is 2. The summed E-state index contributed by atoms with van der Waals surface area (Å²) < 4.78 is 12.0. The summed E-state index contributed by atoms with van der Waals surface area (Å²) in [5.74, 6) is 0.864. The van der Waals surface area contributed by atoms with Crippen molar-refractivity contribution in [1.29, 1.82) is 0 Å². The Kier molecular flexibility index (Phi) is 6.26. The van der Waals surface area contributed by atoms with Gasteiger partial charge in [-0.25, -0.2) is 0 Å². The molecule has 1 amide bonds. The summed E-state index contributed by atoms with van der Waals surface area (Å²) in [7, 11) is -0.902. The Morgan fingerprint density at radius 3 is 3.00 bits per heavy atom. The van der Waals surface area contributed by atoms with Crippen molar-refractivity contribution in [2.75, 3.05) is 37.4 Å². The first-order valence-corrected chi connectivity index (χ1v) is 10.3. The number of carbonyl (C=O) groups is 1. The minimum absolute atomic E-state index is 0.328. The average Bonchev–Trinajstić information content (AvgIpc) is 2.98. The van der Waals surface area contributed by atoms with Gasteiger partial charge in [0.2, 0.25) is 5.91 Å². The zero-order valence-corrected chi connectivity index (χ0v) is 15.0. The Morgan fingerprint density at radius 2 is 2.12 bits per heavy atom. The van der Waals surface area contributed by atoms with Gasteiger partial charge in [0.05, 0.1) is 27.3 Å². The van der Waals surface area contributed by atoms with Crippen LogP contribution in [0, 0.1) is 0 Å². The van der Waals surface area contributed by atoms with Crippen LogP contribution in [-0.4, -0.2) is 47.1 Å². The number of amides is 1. The first-order valence-electron chi connectivity index (χ1n) is 8.98. The molecule has 1 saturated heterocycles. The van der Waals surface area contributed by atoms with E-state index in [4.69, 9.17) is 0 Å². The molecule has 0 bridgehead atoms. The van der Waals surface area contributed by atoms with Gasteiger partial charge in [0, 0.05) is 19.5 Å². The third-order valence-corrected chi connectivity index (χ3v) is 6.09. The van der Waals surface area contributed by atoms with E-state index in [2.05, 4.69) is 16.7 Å². The van der Waals surface area contributed by atoms with Crippen LogP contribution in [0.2, 0.25) is 0 Å². The van der Waals surface area contributed by atoms with Gasteiger partial charge >= 0.3 is 0 Å². The molecule has 1 fully saturated rings. The Bertz CT molecular complexity index is 606. The highest BCUT2D eigenvalue weighted by Gasteiger charge is 2.20. The molecule has 6 heteroatoms. The molecule has 24 heavy (non-hydrogen) atoms. The number of likely N-dealkylation sites (tertiary alicyclic amines) is 1. The van der Waals surface area contributed by atoms with E-state index in [-0.39, 0.29) is 0 Å². The van der Waals surface area contributed by atoms with Crippen LogP contribution in [-0.2, 0) is 22.0 Å². The molecule has 0 saturated carbocycles. The van der Waals surface area contributed by atoms with Crippen LogP contribution < -0.4 is 10.6 Å². The van der Waals surface area contributed by atoms with E-state index < -0.39 is 10.8 Å². The van der Waals surface area contributed by atoms with Gasteiger partial charge in [-0.15, -0.1) is 0 Å². The third kappa shape index (κ3) is 4.36. The number of rotatable bonds is 8. The van der Waals surface area contributed by atoms with Gasteiger partial charge in [0.15, 0.2) is 0 Å². The van der Waals surface area contributed by atoms with Crippen molar-refractivity contribution in [3.63, 3.8) is 0 Å². The van der Waals surface area contributed by atoms with Gasteiger partial charge in [-0.3, -0.25) is 9.00 Å². The van der Waals surface area contributed by atoms with E-state index in [0.29, 0.717) is 11.8 Å².